The standard InChI is InChI=1S/C22H35N3O5S/c1-5-30-22(27)19-16(2)23(4)17(3)20(19)31(28,29)25-14-10-11-18(15-25)21(26)24-12-8-6-7-9-13-24/h18H,5-15H2,1-4H3/t18-/m1/s1. The van der Waals surface area contributed by atoms with Crippen molar-refractivity contribution in [2.45, 2.75) is 64.2 Å². The van der Waals surface area contributed by atoms with Gasteiger partial charge in [0.2, 0.25) is 15.9 Å². The molecule has 8 nitrogen and oxygen atoms in total. The Labute approximate surface area is 185 Å². The number of ether oxygens (including phenoxy) is 1. The summed E-state index contributed by atoms with van der Waals surface area (Å²) in [7, 11) is -2.21. The van der Waals surface area contributed by atoms with Crippen LogP contribution in [0.5, 0.6) is 0 Å². The maximum Gasteiger partial charge on any atom is 0.341 e. The number of likely N-dealkylation sites (tertiary alicyclic amines) is 1. The van der Waals surface area contributed by atoms with Crippen LogP contribution < -0.4 is 0 Å². The zero-order chi connectivity index (χ0) is 22.8. The van der Waals surface area contributed by atoms with E-state index in [1.165, 1.54) is 4.31 Å². The van der Waals surface area contributed by atoms with Crippen molar-refractivity contribution in [3.8, 4) is 0 Å². The summed E-state index contributed by atoms with van der Waals surface area (Å²) in [5.74, 6) is -0.900. The van der Waals surface area contributed by atoms with Crippen LogP contribution >= 0.6 is 0 Å². The van der Waals surface area contributed by atoms with Crippen LogP contribution in [0.1, 0.15) is 67.2 Å². The van der Waals surface area contributed by atoms with Crippen molar-refractivity contribution in [2.75, 3.05) is 32.8 Å². The fraction of sp³-hybridized carbons (Fsp3) is 0.727. The van der Waals surface area contributed by atoms with Gasteiger partial charge in [-0.3, -0.25) is 4.79 Å². The summed E-state index contributed by atoms with van der Waals surface area (Å²) in [6.45, 7) is 7.31. The lowest BCUT2D eigenvalue weighted by molar-refractivity contribution is -0.136. The minimum absolute atomic E-state index is 0.00817. The predicted molar refractivity (Wildman–Crippen MR) is 117 cm³/mol. The highest BCUT2D eigenvalue weighted by atomic mass is 32.2. The Kier molecular flexibility index (Phi) is 7.47. The number of piperidine rings is 1. The SMILES string of the molecule is CCOC(=O)c1c(S(=O)(=O)N2CCC[C@@H](C(=O)N3CCCCCC3)C2)c(C)n(C)c1C. The van der Waals surface area contributed by atoms with Crippen molar-refractivity contribution in [3.63, 3.8) is 0 Å². The van der Waals surface area contributed by atoms with Gasteiger partial charge in [0.1, 0.15) is 10.5 Å². The van der Waals surface area contributed by atoms with Crippen LogP contribution in [0.25, 0.3) is 0 Å². The lowest BCUT2D eigenvalue weighted by Gasteiger charge is -2.34. The first-order chi connectivity index (χ1) is 14.7. The zero-order valence-electron chi connectivity index (χ0n) is 19.1. The number of rotatable bonds is 5. The molecule has 2 aliphatic heterocycles. The minimum atomic E-state index is -3.95. The third-order valence-corrected chi connectivity index (χ3v) is 8.68. The van der Waals surface area contributed by atoms with Gasteiger partial charge in [-0.15, -0.1) is 0 Å². The van der Waals surface area contributed by atoms with E-state index in [1.807, 2.05) is 4.90 Å². The number of hydrogen-bond donors (Lipinski definition) is 0. The molecule has 0 saturated carbocycles. The molecule has 0 radical (unpaired) electrons. The summed E-state index contributed by atoms with van der Waals surface area (Å²) in [6, 6.07) is 0. The van der Waals surface area contributed by atoms with E-state index in [0.29, 0.717) is 30.8 Å². The molecule has 2 fully saturated rings. The van der Waals surface area contributed by atoms with E-state index in [2.05, 4.69) is 0 Å². The third kappa shape index (κ3) is 4.67. The Morgan fingerprint density at radius 2 is 1.65 bits per heavy atom. The molecule has 0 aliphatic carbocycles. The Balaban J connectivity index is 1.89. The van der Waals surface area contributed by atoms with Crippen LogP contribution in [-0.4, -0.2) is 66.9 Å². The first-order valence-corrected chi connectivity index (χ1v) is 12.8. The molecule has 9 heteroatoms. The van der Waals surface area contributed by atoms with Crippen LogP contribution in [0.2, 0.25) is 0 Å². The van der Waals surface area contributed by atoms with E-state index in [4.69, 9.17) is 4.74 Å². The summed E-state index contributed by atoms with van der Waals surface area (Å²) in [5.41, 5.74) is 1.16. The van der Waals surface area contributed by atoms with Gasteiger partial charge in [0.15, 0.2) is 0 Å². The van der Waals surface area contributed by atoms with Gasteiger partial charge in [-0.1, -0.05) is 12.8 Å². The van der Waals surface area contributed by atoms with Crippen molar-refractivity contribution in [3.05, 3.63) is 17.0 Å². The number of carbonyl (C=O) groups is 2. The van der Waals surface area contributed by atoms with Gasteiger partial charge in [0.05, 0.1) is 12.5 Å². The number of sulfonamides is 1. The predicted octanol–water partition coefficient (Wildman–Crippen LogP) is 2.62. The number of esters is 1. The zero-order valence-corrected chi connectivity index (χ0v) is 20.0. The van der Waals surface area contributed by atoms with Crippen molar-refractivity contribution in [1.29, 1.82) is 0 Å². The maximum atomic E-state index is 13.7. The van der Waals surface area contributed by atoms with Gasteiger partial charge in [-0.25, -0.2) is 13.2 Å². The molecule has 1 aromatic rings. The molecule has 0 bridgehead atoms. The highest BCUT2D eigenvalue weighted by molar-refractivity contribution is 7.89. The largest absolute Gasteiger partial charge is 0.462 e. The fourth-order valence-electron chi connectivity index (χ4n) is 4.72. The monoisotopic (exact) mass is 453 g/mol. The quantitative estimate of drug-likeness (QED) is 0.640. The molecule has 0 unspecified atom stereocenters. The highest BCUT2D eigenvalue weighted by Crippen LogP contribution is 2.32. The number of aromatic nitrogens is 1. The number of nitrogens with zero attached hydrogens (tertiary/aromatic N) is 3. The lowest BCUT2D eigenvalue weighted by Crippen LogP contribution is -2.47. The molecule has 1 aromatic heterocycles. The Bertz CT molecular complexity index is 929. The molecular weight excluding hydrogens is 418 g/mol. The Morgan fingerprint density at radius 1 is 1.00 bits per heavy atom. The van der Waals surface area contributed by atoms with E-state index < -0.39 is 16.0 Å². The van der Waals surface area contributed by atoms with Crippen LogP contribution in [-0.2, 0) is 26.6 Å². The molecule has 3 heterocycles. The summed E-state index contributed by atoms with van der Waals surface area (Å²) < 4.78 is 35.6. The number of carbonyl (C=O) groups excluding carboxylic acids is 2. The average molecular weight is 454 g/mol. The van der Waals surface area contributed by atoms with Crippen LogP contribution in [0.15, 0.2) is 4.90 Å². The first-order valence-electron chi connectivity index (χ1n) is 11.3. The average Bonchev–Trinajstić information content (AvgIpc) is 2.94. The van der Waals surface area contributed by atoms with Crippen LogP contribution in [0, 0.1) is 19.8 Å². The van der Waals surface area contributed by atoms with Gasteiger partial charge < -0.3 is 14.2 Å². The van der Waals surface area contributed by atoms with Crippen molar-refractivity contribution < 1.29 is 22.7 Å². The topological polar surface area (TPSA) is 88.9 Å². The third-order valence-electron chi connectivity index (χ3n) is 6.65. The molecule has 2 saturated heterocycles. The molecule has 174 valence electrons. The van der Waals surface area contributed by atoms with E-state index in [9.17, 15) is 18.0 Å². The van der Waals surface area contributed by atoms with Gasteiger partial charge >= 0.3 is 5.97 Å². The van der Waals surface area contributed by atoms with Gasteiger partial charge in [-0.2, -0.15) is 4.31 Å². The normalized spacial score (nSPS) is 21.0. The number of amides is 1. The van der Waals surface area contributed by atoms with Gasteiger partial charge in [0, 0.05) is 44.6 Å². The molecule has 3 rings (SSSR count). The minimum Gasteiger partial charge on any atom is -0.462 e. The highest BCUT2D eigenvalue weighted by Gasteiger charge is 2.39. The summed E-state index contributed by atoms with van der Waals surface area (Å²) in [6.07, 6.45) is 5.61. The van der Waals surface area contributed by atoms with Crippen LogP contribution in [0.4, 0.5) is 0 Å². The van der Waals surface area contributed by atoms with Crippen molar-refractivity contribution in [2.24, 2.45) is 13.0 Å². The molecule has 0 N–H and O–H groups in total. The van der Waals surface area contributed by atoms with Gasteiger partial charge in [-0.05, 0) is 46.5 Å². The lowest BCUT2D eigenvalue weighted by atomic mass is 9.98. The summed E-state index contributed by atoms with van der Waals surface area (Å²) in [5, 5.41) is 0. The van der Waals surface area contributed by atoms with Crippen LogP contribution in [0.3, 0.4) is 0 Å². The van der Waals surface area contributed by atoms with E-state index in [1.54, 1.807) is 32.4 Å². The first kappa shape index (κ1) is 23.8. The second-order valence-electron chi connectivity index (χ2n) is 8.60. The van der Waals surface area contributed by atoms with E-state index in [0.717, 1.165) is 38.8 Å². The Morgan fingerprint density at radius 3 is 2.26 bits per heavy atom. The van der Waals surface area contributed by atoms with Gasteiger partial charge in [0.25, 0.3) is 0 Å². The molecule has 31 heavy (non-hydrogen) atoms. The van der Waals surface area contributed by atoms with E-state index in [-0.39, 0.29) is 35.4 Å². The molecule has 0 aromatic carbocycles. The summed E-state index contributed by atoms with van der Waals surface area (Å²) >= 11 is 0. The second kappa shape index (κ2) is 9.73. The maximum absolute atomic E-state index is 13.7. The van der Waals surface area contributed by atoms with E-state index >= 15 is 0 Å². The smallest absolute Gasteiger partial charge is 0.341 e. The molecule has 2 aliphatic rings. The summed E-state index contributed by atoms with van der Waals surface area (Å²) in [4.78, 5) is 27.7. The van der Waals surface area contributed by atoms with Crippen molar-refractivity contribution in [1.82, 2.24) is 13.8 Å². The molecule has 1 amide bonds. The molecule has 1 atom stereocenters. The molecular formula is C22H35N3O5S. The van der Waals surface area contributed by atoms with Crippen molar-refractivity contribution >= 4 is 21.9 Å². The Hall–Kier alpha value is -1.87. The second-order valence-corrected chi connectivity index (χ2v) is 10.5. The number of hydrogen-bond acceptors (Lipinski definition) is 5. The molecule has 0 spiro atoms. The fourth-order valence-corrected chi connectivity index (χ4v) is 6.72.